The molecule has 0 unspecified atom stereocenters. The number of carbonyl (C=O) groups excluding carboxylic acids is 2. The second kappa shape index (κ2) is 7.82. The fourth-order valence-corrected chi connectivity index (χ4v) is 3.06. The van der Waals surface area contributed by atoms with E-state index in [1.54, 1.807) is 42.5 Å². The first-order valence-corrected chi connectivity index (χ1v) is 8.55. The van der Waals surface area contributed by atoms with Crippen LogP contribution in [-0.2, 0) is 11.2 Å². The molecule has 2 aromatic rings. The Bertz CT molecular complexity index is 824. The van der Waals surface area contributed by atoms with Gasteiger partial charge in [-0.2, -0.15) is 0 Å². The van der Waals surface area contributed by atoms with E-state index in [-0.39, 0.29) is 23.8 Å². The average molecular weight is 352 g/mol. The summed E-state index contributed by atoms with van der Waals surface area (Å²) in [5, 5.41) is 11.9. The summed E-state index contributed by atoms with van der Waals surface area (Å²) < 4.78 is 0. The van der Waals surface area contributed by atoms with Crippen molar-refractivity contribution in [1.29, 1.82) is 0 Å². The number of aromatic carboxylic acids is 1. The van der Waals surface area contributed by atoms with Gasteiger partial charge in [-0.25, -0.2) is 4.79 Å². The summed E-state index contributed by atoms with van der Waals surface area (Å²) in [5.74, 6) is -1.36. The summed E-state index contributed by atoms with van der Waals surface area (Å²) in [6.07, 6.45) is 2.05. The molecular weight excluding hydrogens is 332 g/mol. The lowest BCUT2D eigenvalue weighted by atomic mass is 10.0. The van der Waals surface area contributed by atoms with E-state index in [4.69, 9.17) is 0 Å². The molecular formula is C20H20N2O4. The van der Waals surface area contributed by atoms with Crippen LogP contribution in [0, 0.1) is 0 Å². The Kier molecular flexibility index (Phi) is 5.31. The molecule has 3 rings (SSSR count). The molecule has 0 aliphatic carbocycles. The monoisotopic (exact) mass is 352 g/mol. The summed E-state index contributed by atoms with van der Waals surface area (Å²) in [4.78, 5) is 37.5. The second-order valence-electron chi connectivity index (χ2n) is 6.26. The standard InChI is InChI=1S/C20H20N2O4/c23-18(13-15-5-1-2-6-17(15)20(25)26)21-16-9-7-14(8-10-16)19(24)22-11-3-4-12-22/h1-2,5-10H,3-4,11-13H2,(H,21,23)(H,25,26). The number of rotatable bonds is 5. The lowest BCUT2D eigenvalue weighted by molar-refractivity contribution is -0.115. The van der Waals surface area contributed by atoms with Crippen molar-refractivity contribution < 1.29 is 19.5 Å². The summed E-state index contributed by atoms with van der Waals surface area (Å²) in [7, 11) is 0. The van der Waals surface area contributed by atoms with Crippen LogP contribution in [0.25, 0.3) is 0 Å². The zero-order chi connectivity index (χ0) is 18.5. The molecule has 1 heterocycles. The number of carboxylic acid groups (broad SMARTS) is 1. The van der Waals surface area contributed by atoms with Crippen molar-refractivity contribution in [2.24, 2.45) is 0 Å². The lowest BCUT2D eigenvalue weighted by Gasteiger charge is -2.15. The number of nitrogens with zero attached hydrogens (tertiary/aromatic N) is 1. The normalized spacial score (nSPS) is 13.5. The third kappa shape index (κ3) is 4.08. The number of hydrogen-bond acceptors (Lipinski definition) is 3. The first-order valence-electron chi connectivity index (χ1n) is 8.55. The first-order chi connectivity index (χ1) is 12.5. The third-order valence-electron chi connectivity index (χ3n) is 4.41. The topological polar surface area (TPSA) is 86.7 Å². The summed E-state index contributed by atoms with van der Waals surface area (Å²) in [6, 6.07) is 13.2. The number of carbonyl (C=O) groups is 3. The molecule has 0 atom stereocenters. The minimum absolute atomic E-state index is 0.00996. The lowest BCUT2D eigenvalue weighted by Crippen LogP contribution is -2.27. The third-order valence-corrected chi connectivity index (χ3v) is 4.41. The highest BCUT2D eigenvalue weighted by Gasteiger charge is 2.19. The first kappa shape index (κ1) is 17.7. The molecule has 1 saturated heterocycles. The number of benzene rings is 2. The Hall–Kier alpha value is -3.15. The molecule has 0 bridgehead atoms. The van der Waals surface area contributed by atoms with Crippen LogP contribution in [0.2, 0.25) is 0 Å². The van der Waals surface area contributed by atoms with Gasteiger partial charge < -0.3 is 15.3 Å². The largest absolute Gasteiger partial charge is 0.478 e. The van der Waals surface area contributed by atoms with Crippen LogP contribution >= 0.6 is 0 Å². The van der Waals surface area contributed by atoms with Crippen LogP contribution in [-0.4, -0.2) is 40.9 Å². The minimum Gasteiger partial charge on any atom is -0.478 e. The predicted molar refractivity (Wildman–Crippen MR) is 97.3 cm³/mol. The summed E-state index contributed by atoms with van der Waals surface area (Å²) in [6.45, 7) is 1.58. The molecule has 0 aromatic heterocycles. The van der Waals surface area contributed by atoms with Gasteiger partial charge in [-0.1, -0.05) is 18.2 Å². The van der Waals surface area contributed by atoms with Crippen LogP contribution in [0.4, 0.5) is 5.69 Å². The molecule has 2 aromatic carbocycles. The van der Waals surface area contributed by atoms with Crippen molar-refractivity contribution in [3.8, 4) is 0 Å². The van der Waals surface area contributed by atoms with E-state index >= 15 is 0 Å². The van der Waals surface area contributed by atoms with Gasteiger partial charge in [-0.05, 0) is 48.7 Å². The zero-order valence-corrected chi connectivity index (χ0v) is 14.3. The van der Waals surface area contributed by atoms with Crippen molar-refractivity contribution in [3.63, 3.8) is 0 Å². The van der Waals surface area contributed by atoms with Crippen LogP contribution in [0.3, 0.4) is 0 Å². The maximum Gasteiger partial charge on any atom is 0.335 e. The molecule has 6 nitrogen and oxygen atoms in total. The van der Waals surface area contributed by atoms with Gasteiger partial charge in [-0.3, -0.25) is 9.59 Å². The molecule has 2 amide bonds. The zero-order valence-electron chi connectivity index (χ0n) is 14.3. The number of amides is 2. The van der Waals surface area contributed by atoms with Crippen LogP contribution in [0.15, 0.2) is 48.5 Å². The number of anilines is 1. The molecule has 26 heavy (non-hydrogen) atoms. The maximum atomic E-state index is 12.3. The van der Waals surface area contributed by atoms with Gasteiger partial charge in [0.1, 0.15) is 0 Å². The summed E-state index contributed by atoms with van der Waals surface area (Å²) >= 11 is 0. The van der Waals surface area contributed by atoms with E-state index in [9.17, 15) is 19.5 Å². The quantitative estimate of drug-likeness (QED) is 0.866. The van der Waals surface area contributed by atoms with Gasteiger partial charge in [0.05, 0.1) is 12.0 Å². The molecule has 2 N–H and O–H groups in total. The van der Waals surface area contributed by atoms with E-state index in [2.05, 4.69) is 5.32 Å². The van der Waals surface area contributed by atoms with Crippen molar-refractivity contribution in [2.45, 2.75) is 19.3 Å². The Morgan fingerprint density at radius 2 is 1.62 bits per heavy atom. The predicted octanol–water partition coefficient (Wildman–Crippen LogP) is 2.80. The fourth-order valence-electron chi connectivity index (χ4n) is 3.06. The minimum atomic E-state index is -1.06. The fraction of sp³-hybridized carbons (Fsp3) is 0.250. The Morgan fingerprint density at radius 3 is 2.27 bits per heavy atom. The molecule has 0 saturated carbocycles. The van der Waals surface area contributed by atoms with Crippen molar-refractivity contribution >= 4 is 23.5 Å². The van der Waals surface area contributed by atoms with Crippen molar-refractivity contribution in [3.05, 3.63) is 65.2 Å². The van der Waals surface area contributed by atoms with Crippen LogP contribution in [0.5, 0.6) is 0 Å². The van der Waals surface area contributed by atoms with Crippen LogP contribution in [0.1, 0.15) is 39.1 Å². The van der Waals surface area contributed by atoms with E-state index in [0.29, 0.717) is 16.8 Å². The van der Waals surface area contributed by atoms with Gasteiger partial charge in [0.25, 0.3) is 5.91 Å². The van der Waals surface area contributed by atoms with Crippen LogP contribution < -0.4 is 5.32 Å². The molecule has 1 fully saturated rings. The SMILES string of the molecule is O=C(Cc1ccccc1C(=O)O)Nc1ccc(C(=O)N2CCCC2)cc1. The molecule has 0 spiro atoms. The molecule has 134 valence electrons. The van der Waals surface area contributed by atoms with Crippen molar-refractivity contribution in [2.75, 3.05) is 18.4 Å². The van der Waals surface area contributed by atoms with E-state index in [1.807, 2.05) is 4.90 Å². The highest BCUT2D eigenvalue weighted by atomic mass is 16.4. The van der Waals surface area contributed by atoms with Gasteiger partial charge in [-0.15, -0.1) is 0 Å². The van der Waals surface area contributed by atoms with Gasteiger partial charge in [0.2, 0.25) is 5.91 Å². The molecule has 1 aliphatic heterocycles. The summed E-state index contributed by atoms with van der Waals surface area (Å²) in [5.41, 5.74) is 1.74. The number of nitrogens with one attached hydrogen (secondary N) is 1. The van der Waals surface area contributed by atoms with Gasteiger partial charge in [0, 0.05) is 24.3 Å². The number of hydrogen-bond donors (Lipinski definition) is 2. The highest BCUT2D eigenvalue weighted by Crippen LogP contribution is 2.16. The Balaban J connectivity index is 1.63. The van der Waals surface area contributed by atoms with E-state index < -0.39 is 5.97 Å². The Morgan fingerprint density at radius 1 is 0.962 bits per heavy atom. The van der Waals surface area contributed by atoms with Crippen molar-refractivity contribution in [1.82, 2.24) is 4.90 Å². The Labute approximate surface area is 151 Å². The van der Waals surface area contributed by atoms with E-state index in [0.717, 1.165) is 25.9 Å². The van der Waals surface area contributed by atoms with Gasteiger partial charge in [0.15, 0.2) is 0 Å². The second-order valence-corrected chi connectivity index (χ2v) is 6.26. The maximum absolute atomic E-state index is 12.3. The molecule has 6 heteroatoms. The molecule has 1 aliphatic rings. The number of likely N-dealkylation sites (tertiary alicyclic amines) is 1. The molecule has 0 radical (unpaired) electrons. The smallest absolute Gasteiger partial charge is 0.335 e. The number of carboxylic acids is 1. The van der Waals surface area contributed by atoms with Gasteiger partial charge >= 0.3 is 5.97 Å². The highest BCUT2D eigenvalue weighted by molar-refractivity contribution is 5.97. The van der Waals surface area contributed by atoms with E-state index in [1.165, 1.54) is 6.07 Å². The average Bonchev–Trinajstić information content (AvgIpc) is 3.16.